The molecule has 0 aromatic heterocycles. The van der Waals surface area contributed by atoms with E-state index in [1.165, 1.54) is 0 Å². The summed E-state index contributed by atoms with van der Waals surface area (Å²) in [6.45, 7) is 0. The number of carbonyl (C=O) groups is 1. The Hall–Kier alpha value is -0.860. The summed E-state index contributed by atoms with van der Waals surface area (Å²) in [5.41, 5.74) is 0.385. The molecule has 0 saturated heterocycles. The van der Waals surface area contributed by atoms with Gasteiger partial charge in [0.05, 0.1) is 0 Å². The molecule has 0 heterocycles. The number of rotatable bonds is 0. The zero-order valence-corrected chi connectivity index (χ0v) is 4.87. The Kier molecular flexibility index (Phi) is 0.743. The molecular formula is C6H7NO2. The van der Waals surface area contributed by atoms with E-state index in [1.807, 2.05) is 0 Å². The normalized spacial score (nSPS) is 43.6. The fourth-order valence-corrected chi connectivity index (χ4v) is 1.45. The molecule has 1 N–H and O–H groups in total. The maximum absolute atomic E-state index is 10.9. The van der Waals surface area contributed by atoms with Crippen molar-refractivity contribution < 1.29 is 10.0 Å². The van der Waals surface area contributed by atoms with Crippen LogP contribution in [0.4, 0.5) is 0 Å². The van der Waals surface area contributed by atoms with E-state index in [0.29, 0.717) is 18.1 Å². The van der Waals surface area contributed by atoms with Crippen LogP contribution in [-0.4, -0.2) is 16.7 Å². The summed E-state index contributed by atoms with van der Waals surface area (Å²) in [4.78, 5) is 10.9. The lowest BCUT2D eigenvalue weighted by Gasteiger charge is -1.89. The van der Waals surface area contributed by atoms with Gasteiger partial charge in [0.25, 0.3) is 0 Å². The topological polar surface area (TPSA) is 49.7 Å². The summed E-state index contributed by atoms with van der Waals surface area (Å²) in [5, 5.41) is 11.2. The predicted molar refractivity (Wildman–Crippen MR) is 30.4 cm³/mol. The lowest BCUT2D eigenvalue weighted by atomic mass is 10.2. The molecular weight excluding hydrogens is 118 g/mol. The number of oxime groups is 1. The average Bonchev–Trinajstić information content (AvgIpc) is 2.55. The standard InChI is InChI=1S/C6H7NO2/c8-6-4-1-3(4)2-5(6)7-9/h3-4,9H,1-2H2/b7-5+. The minimum atomic E-state index is 0.0718. The molecule has 48 valence electrons. The third-order valence-electron chi connectivity index (χ3n) is 2.12. The van der Waals surface area contributed by atoms with Crippen LogP contribution in [0.15, 0.2) is 5.16 Å². The second kappa shape index (κ2) is 1.35. The van der Waals surface area contributed by atoms with Gasteiger partial charge in [-0.05, 0) is 12.3 Å². The largest absolute Gasteiger partial charge is 0.411 e. The second-order valence-corrected chi connectivity index (χ2v) is 2.72. The Morgan fingerprint density at radius 1 is 1.67 bits per heavy atom. The molecule has 9 heavy (non-hydrogen) atoms. The first-order valence-electron chi connectivity index (χ1n) is 3.08. The second-order valence-electron chi connectivity index (χ2n) is 2.72. The quantitative estimate of drug-likeness (QED) is 0.377. The number of Topliss-reactive ketones (excluding diaryl/α,β-unsaturated/α-hetero) is 1. The van der Waals surface area contributed by atoms with Gasteiger partial charge < -0.3 is 5.21 Å². The molecule has 2 aliphatic carbocycles. The summed E-state index contributed by atoms with van der Waals surface area (Å²) in [5.74, 6) is 0.835. The van der Waals surface area contributed by atoms with Gasteiger partial charge in [-0.15, -0.1) is 0 Å². The van der Waals surface area contributed by atoms with Crippen LogP contribution in [0, 0.1) is 11.8 Å². The van der Waals surface area contributed by atoms with Gasteiger partial charge in [0.1, 0.15) is 5.71 Å². The Balaban J connectivity index is 2.26. The molecule has 2 atom stereocenters. The first-order chi connectivity index (χ1) is 4.33. The summed E-state index contributed by atoms with van der Waals surface area (Å²) < 4.78 is 0. The van der Waals surface area contributed by atoms with Crippen molar-refractivity contribution in [2.24, 2.45) is 17.0 Å². The van der Waals surface area contributed by atoms with Crippen molar-refractivity contribution in [3.8, 4) is 0 Å². The van der Waals surface area contributed by atoms with E-state index in [2.05, 4.69) is 5.16 Å². The van der Waals surface area contributed by atoms with E-state index in [4.69, 9.17) is 5.21 Å². The Bertz CT molecular complexity index is 197. The third-order valence-corrected chi connectivity index (χ3v) is 2.12. The fourth-order valence-electron chi connectivity index (χ4n) is 1.45. The number of hydrogen-bond acceptors (Lipinski definition) is 3. The van der Waals surface area contributed by atoms with Gasteiger partial charge in [0, 0.05) is 12.3 Å². The Morgan fingerprint density at radius 2 is 2.44 bits per heavy atom. The van der Waals surface area contributed by atoms with Gasteiger partial charge in [-0.25, -0.2) is 0 Å². The minimum Gasteiger partial charge on any atom is -0.411 e. The summed E-state index contributed by atoms with van der Waals surface area (Å²) in [6, 6.07) is 0. The highest BCUT2D eigenvalue weighted by molar-refractivity contribution is 6.43. The van der Waals surface area contributed by atoms with E-state index in [0.717, 1.165) is 6.42 Å². The molecule has 0 bridgehead atoms. The summed E-state index contributed by atoms with van der Waals surface area (Å²) in [6.07, 6.45) is 1.73. The maximum Gasteiger partial charge on any atom is 0.183 e. The molecule has 0 aliphatic heterocycles. The zero-order chi connectivity index (χ0) is 6.43. The van der Waals surface area contributed by atoms with E-state index in [1.54, 1.807) is 0 Å². The number of fused-ring (bicyclic) bond motifs is 1. The molecule has 2 saturated carbocycles. The van der Waals surface area contributed by atoms with Crippen molar-refractivity contribution in [3.05, 3.63) is 0 Å². The lowest BCUT2D eigenvalue weighted by molar-refractivity contribution is -0.113. The van der Waals surface area contributed by atoms with Crippen LogP contribution in [0.5, 0.6) is 0 Å². The minimum absolute atomic E-state index is 0.0718. The predicted octanol–water partition coefficient (Wildman–Crippen LogP) is 0.425. The molecule has 0 amide bonds. The Labute approximate surface area is 52.4 Å². The highest BCUT2D eigenvalue weighted by Gasteiger charge is 2.51. The van der Waals surface area contributed by atoms with E-state index < -0.39 is 0 Å². The summed E-state index contributed by atoms with van der Waals surface area (Å²) >= 11 is 0. The molecule has 0 aromatic rings. The van der Waals surface area contributed by atoms with Crippen molar-refractivity contribution in [1.82, 2.24) is 0 Å². The Morgan fingerprint density at radius 3 is 2.78 bits per heavy atom. The van der Waals surface area contributed by atoms with Gasteiger partial charge in [0.15, 0.2) is 5.78 Å². The van der Waals surface area contributed by atoms with Gasteiger partial charge in [-0.3, -0.25) is 4.79 Å². The third kappa shape index (κ3) is 0.515. The van der Waals surface area contributed by atoms with Gasteiger partial charge in [-0.1, -0.05) is 5.16 Å². The smallest absolute Gasteiger partial charge is 0.183 e. The lowest BCUT2D eigenvalue weighted by Crippen LogP contribution is -2.09. The molecule has 0 radical (unpaired) electrons. The van der Waals surface area contributed by atoms with E-state index in [-0.39, 0.29) is 11.7 Å². The number of ketones is 1. The van der Waals surface area contributed by atoms with E-state index in [9.17, 15) is 4.79 Å². The average molecular weight is 125 g/mol. The van der Waals surface area contributed by atoms with Crippen molar-refractivity contribution in [1.29, 1.82) is 0 Å². The van der Waals surface area contributed by atoms with Crippen LogP contribution in [0.3, 0.4) is 0 Å². The van der Waals surface area contributed by atoms with Crippen LogP contribution in [0.1, 0.15) is 12.8 Å². The van der Waals surface area contributed by atoms with Crippen molar-refractivity contribution in [2.45, 2.75) is 12.8 Å². The van der Waals surface area contributed by atoms with Gasteiger partial charge >= 0.3 is 0 Å². The number of nitrogens with zero attached hydrogens (tertiary/aromatic N) is 1. The number of carbonyl (C=O) groups excluding carboxylic acids is 1. The number of hydrogen-bond donors (Lipinski definition) is 1. The maximum atomic E-state index is 10.9. The van der Waals surface area contributed by atoms with Crippen LogP contribution in [0.2, 0.25) is 0 Å². The molecule has 2 fully saturated rings. The molecule has 2 rings (SSSR count). The van der Waals surface area contributed by atoms with Crippen molar-refractivity contribution in [2.75, 3.05) is 0 Å². The summed E-state index contributed by atoms with van der Waals surface area (Å²) in [7, 11) is 0. The van der Waals surface area contributed by atoms with Gasteiger partial charge in [-0.2, -0.15) is 0 Å². The van der Waals surface area contributed by atoms with Crippen LogP contribution >= 0.6 is 0 Å². The molecule has 0 spiro atoms. The molecule has 2 unspecified atom stereocenters. The van der Waals surface area contributed by atoms with E-state index >= 15 is 0 Å². The zero-order valence-electron chi connectivity index (χ0n) is 4.87. The van der Waals surface area contributed by atoms with Crippen molar-refractivity contribution in [3.63, 3.8) is 0 Å². The highest BCUT2D eigenvalue weighted by atomic mass is 16.4. The van der Waals surface area contributed by atoms with Crippen LogP contribution < -0.4 is 0 Å². The first kappa shape index (κ1) is 4.97. The molecule has 2 aliphatic rings. The van der Waals surface area contributed by atoms with Crippen LogP contribution in [0.25, 0.3) is 0 Å². The van der Waals surface area contributed by atoms with Crippen molar-refractivity contribution >= 4 is 11.5 Å². The monoisotopic (exact) mass is 125 g/mol. The molecule has 0 aromatic carbocycles. The first-order valence-corrected chi connectivity index (χ1v) is 3.08. The highest BCUT2D eigenvalue weighted by Crippen LogP contribution is 2.47. The SMILES string of the molecule is O=C1/C(=N/O)CC2CC12. The molecule has 3 nitrogen and oxygen atoms in total. The fraction of sp³-hybridized carbons (Fsp3) is 0.667. The molecule has 3 heteroatoms. The van der Waals surface area contributed by atoms with Crippen LogP contribution in [-0.2, 0) is 4.79 Å². The van der Waals surface area contributed by atoms with Gasteiger partial charge in [0.2, 0.25) is 0 Å².